The van der Waals surface area contributed by atoms with Crippen LogP contribution in [0.1, 0.15) is 48.1 Å². The molecule has 0 radical (unpaired) electrons. The van der Waals surface area contributed by atoms with Crippen LogP contribution in [0.15, 0.2) is 16.9 Å². The first kappa shape index (κ1) is 20.6. The SMILES string of the molecule is Cc1c(N2CC[C@@H]([C@H](C)N)C2)c(F)cc2cc(C(=O)O)c(=O)n(C3CC3)c12.Cl. The maximum Gasteiger partial charge on any atom is 0.341 e. The van der Waals surface area contributed by atoms with Crippen LogP contribution in [0.3, 0.4) is 0 Å². The van der Waals surface area contributed by atoms with Crippen LogP contribution in [0.5, 0.6) is 0 Å². The lowest BCUT2D eigenvalue weighted by Gasteiger charge is -2.25. The smallest absolute Gasteiger partial charge is 0.341 e. The van der Waals surface area contributed by atoms with E-state index in [1.165, 1.54) is 12.1 Å². The highest BCUT2D eigenvalue weighted by Gasteiger charge is 2.32. The van der Waals surface area contributed by atoms with E-state index >= 15 is 4.39 Å². The summed E-state index contributed by atoms with van der Waals surface area (Å²) in [4.78, 5) is 26.3. The average Bonchev–Trinajstić information content (AvgIpc) is 3.31. The second-order valence-corrected chi connectivity index (χ2v) is 7.89. The molecular formula is C20H25ClFN3O3. The Kier molecular flexibility index (Phi) is 5.42. The number of pyridine rings is 1. The average molecular weight is 410 g/mol. The lowest BCUT2D eigenvalue weighted by atomic mass is 10.0. The largest absolute Gasteiger partial charge is 0.477 e. The van der Waals surface area contributed by atoms with E-state index in [0.717, 1.165) is 25.8 Å². The summed E-state index contributed by atoms with van der Waals surface area (Å²) in [6.45, 7) is 5.19. The molecule has 1 aromatic carbocycles. The number of aryl methyl sites for hydroxylation is 1. The third kappa shape index (κ3) is 3.26. The molecule has 2 heterocycles. The van der Waals surface area contributed by atoms with E-state index in [4.69, 9.17) is 5.73 Å². The predicted molar refractivity (Wildman–Crippen MR) is 109 cm³/mol. The molecule has 0 spiro atoms. The van der Waals surface area contributed by atoms with E-state index in [1.807, 2.05) is 18.7 Å². The number of carboxylic acids is 1. The zero-order valence-corrected chi connectivity index (χ0v) is 16.8. The number of carbonyl (C=O) groups is 1. The van der Waals surface area contributed by atoms with Gasteiger partial charge in [0.1, 0.15) is 11.4 Å². The van der Waals surface area contributed by atoms with Gasteiger partial charge in [-0.1, -0.05) is 0 Å². The van der Waals surface area contributed by atoms with Gasteiger partial charge in [0.25, 0.3) is 5.56 Å². The van der Waals surface area contributed by atoms with Gasteiger partial charge >= 0.3 is 5.97 Å². The summed E-state index contributed by atoms with van der Waals surface area (Å²) in [7, 11) is 0. The minimum atomic E-state index is -1.28. The maximum absolute atomic E-state index is 15.0. The van der Waals surface area contributed by atoms with Crippen LogP contribution in [0.4, 0.5) is 10.1 Å². The maximum atomic E-state index is 15.0. The van der Waals surface area contributed by atoms with Gasteiger partial charge in [-0.15, -0.1) is 12.4 Å². The number of carboxylic acid groups (broad SMARTS) is 1. The van der Waals surface area contributed by atoms with Crippen molar-refractivity contribution in [2.24, 2.45) is 11.7 Å². The second kappa shape index (κ2) is 7.37. The highest BCUT2D eigenvalue weighted by Crippen LogP contribution is 2.40. The number of hydrogen-bond donors (Lipinski definition) is 2. The third-order valence-corrected chi connectivity index (χ3v) is 5.91. The number of benzene rings is 1. The van der Waals surface area contributed by atoms with Gasteiger partial charge in [-0.25, -0.2) is 9.18 Å². The molecule has 1 aliphatic carbocycles. The van der Waals surface area contributed by atoms with Crippen LogP contribution < -0.4 is 16.2 Å². The van der Waals surface area contributed by atoms with Crippen molar-refractivity contribution in [2.45, 2.75) is 45.2 Å². The monoisotopic (exact) mass is 409 g/mol. The van der Waals surface area contributed by atoms with Crippen molar-refractivity contribution in [2.75, 3.05) is 18.0 Å². The molecule has 6 nitrogen and oxygen atoms in total. The predicted octanol–water partition coefficient (Wildman–Crippen LogP) is 3.08. The van der Waals surface area contributed by atoms with E-state index < -0.39 is 11.5 Å². The Labute approximate surface area is 168 Å². The Balaban J connectivity index is 0.00000225. The molecule has 2 aromatic rings. The van der Waals surface area contributed by atoms with Gasteiger partial charge < -0.3 is 20.3 Å². The fourth-order valence-electron chi connectivity index (χ4n) is 4.30. The van der Waals surface area contributed by atoms with Crippen molar-refractivity contribution in [1.29, 1.82) is 0 Å². The van der Waals surface area contributed by atoms with Crippen LogP contribution in [-0.4, -0.2) is 34.8 Å². The van der Waals surface area contributed by atoms with Crippen LogP contribution in [-0.2, 0) is 0 Å². The Bertz CT molecular complexity index is 1000. The minimum Gasteiger partial charge on any atom is -0.477 e. The Morgan fingerprint density at radius 2 is 2.00 bits per heavy atom. The molecule has 152 valence electrons. The van der Waals surface area contributed by atoms with Crippen LogP contribution >= 0.6 is 12.4 Å². The molecule has 2 aliphatic rings. The van der Waals surface area contributed by atoms with E-state index in [9.17, 15) is 14.7 Å². The van der Waals surface area contributed by atoms with Crippen LogP contribution in [0.2, 0.25) is 0 Å². The summed E-state index contributed by atoms with van der Waals surface area (Å²) in [5, 5.41) is 9.83. The summed E-state index contributed by atoms with van der Waals surface area (Å²) in [5.74, 6) is -1.36. The molecule has 1 saturated heterocycles. The number of nitrogens with two attached hydrogens (primary N) is 1. The summed E-state index contributed by atoms with van der Waals surface area (Å²) >= 11 is 0. The first-order valence-corrected chi connectivity index (χ1v) is 9.41. The number of hydrogen-bond acceptors (Lipinski definition) is 4. The number of anilines is 1. The lowest BCUT2D eigenvalue weighted by Crippen LogP contribution is -2.31. The van der Waals surface area contributed by atoms with Crippen LogP contribution in [0.25, 0.3) is 10.9 Å². The van der Waals surface area contributed by atoms with Gasteiger partial charge in [-0.05, 0) is 56.7 Å². The molecule has 0 unspecified atom stereocenters. The zero-order valence-electron chi connectivity index (χ0n) is 15.9. The summed E-state index contributed by atoms with van der Waals surface area (Å²) in [6.07, 6.45) is 2.57. The number of fused-ring (bicyclic) bond motifs is 1. The third-order valence-electron chi connectivity index (χ3n) is 5.91. The molecule has 28 heavy (non-hydrogen) atoms. The van der Waals surface area contributed by atoms with E-state index in [-0.39, 0.29) is 35.9 Å². The molecule has 4 rings (SSSR count). The summed E-state index contributed by atoms with van der Waals surface area (Å²) < 4.78 is 16.6. The van der Waals surface area contributed by atoms with Gasteiger partial charge in [0, 0.05) is 30.6 Å². The molecule has 1 aliphatic heterocycles. The molecule has 1 aromatic heterocycles. The number of rotatable bonds is 4. The van der Waals surface area contributed by atoms with Gasteiger partial charge in [-0.2, -0.15) is 0 Å². The van der Waals surface area contributed by atoms with Crippen LogP contribution in [0, 0.1) is 18.7 Å². The van der Waals surface area contributed by atoms with Crippen molar-refractivity contribution in [3.63, 3.8) is 0 Å². The quantitative estimate of drug-likeness (QED) is 0.810. The van der Waals surface area contributed by atoms with Crippen molar-refractivity contribution < 1.29 is 14.3 Å². The molecule has 0 bridgehead atoms. The first-order valence-electron chi connectivity index (χ1n) is 9.41. The number of halogens is 2. The Morgan fingerprint density at radius 1 is 1.32 bits per heavy atom. The summed E-state index contributed by atoms with van der Waals surface area (Å²) in [6, 6.07) is 2.70. The standard InChI is InChI=1S/C20H24FN3O3.ClH/c1-10-17-13(7-15(20(26)27)19(25)24(17)14-3-4-14)8-16(21)18(10)23-6-5-12(9-23)11(2)22;/h7-8,11-12,14H,3-6,9,22H2,1-2H3,(H,26,27);1H/t11-,12+;/m0./s1. The first-order chi connectivity index (χ1) is 12.8. The Hall–Kier alpha value is -2.12. The van der Waals surface area contributed by atoms with Crippen molar-refractivity contribution >= 4 is 35.0 Å². The highest BCUT2D eigenvalue weighted by atomic mass is 35.5. The van der Waals surface area contributed by atoms with E-state index in [1.54, 1.807) is 4.57 Å². The van der Waals surface area contributed by atoms with Gasteiger partial charge in [0.15, 0.2) is 0 Å². The zero-order chi connectivity index (χ0) is 19.5. The highest BCUT2D eigenvalue weighted by molar-refractivity contribution is 5.95. The summed E-state index contributed by atoms with van der Waals surface area (Å²) in [5.41, 5.74) is 7.05. The topological polar surface area (TPSA) is 88.6 Å². The second-order valence-electron chi connectivity index (χ2n) is 7.89. The fourth-order valence-corrected chi connectivity index (χ4v) is 4.30. The van der Waals surface area contributed by atoms with Crippen molar-refractivity contribution in [3.05, 3.63) is 39.4 Å². The number of nitrogens with zero attached hydrogens (tertiary/aromatic N) is 2. The fraction of sp³-hybridized carbons (Fsp3) is 0.500. The number of aromatic carboxylic acids is 1. The minimum absolute atomic E-state index is 0. The van der Waals surface area contributed by atoms with Crippen molar-refractivity contribution in [3.8, 4) is 0 Å². The molecule has 8 heteroatoms. The Morgan fingerprint density at radius 3 is 2.54 bits per heavy atom. The molecule has 3 N–H and O–H groups in total. The molecule has 0 amide bonds. The van der Waals surface area contributed by atoms with Gasteiger partial charge in [-0.3, -0.25) is 4.79 Å². The molecule has 2 fully saturated rings. The molecular weight excluding hydrogens is 385 g/mol. The molecule has 2 atom stereocenters. The van der Waals surface area contributed by atoms with Crippen molar-refractivity contribution in [1.82, 2.24) is 4.57 Å². The normalized spacial score (nSPS) is 20.3. The lowest BCUT2D eigenvalue weighted by molar-refractivity contribution is 0.0694. The van der Waals surface area contributed by atoms with E-state index in [2.05, 4.69) is 0 Å². The van der Waals surface area contributed by atoms with E-state index in [0.29, 0.717) is 34.6 Å². The van der Waals surface area contributed by atoms with Gasteiger partial charge in [0.05, 0.1) is 11.2 Å². The number of aromatic nitrogens is 1. The van der Waals surface area contributed by atoms with Gasteiger partial charge in [0.2, 0.25) is 0 Å². The molecule has 1 saturated carbocycles.